The van der Waals surface area contributed by atoms with Crippen molar-refractivity contribution in [3.8, 4) is 0 Å². The normalized spacial score (nSPS) is 10.6. The summed E-state index contributed by atoms with van der Waals surface area (Å²) in [6.07, 6.45) is 0. The van der Waals surface area contributed by atoms with Gasteiger partial charge in [0.15, 0.2) is 0 Å². The summed E-state index contributed by atoms with van der Waals surface area (Å²) in [5.74, 6) is -2.82. The third-order valence-electron chi connectivity index (χ3n) is 4.29. The van der Waals surface area contributed by atoms with Gasteiger partial charge in [-0.2, -0.15) is 0 Å². The number of benzene rings is 3. The van der Waals surface area contributed by atoms with E-state index in [-0.39, 0.29) is 18.0 Å². The number of nitrogens with zero attached hydrogens (tertiary/aromatic N) is 1. The Labute approximate surface area is 155 Å². The van der Waals surface area contributed by atoms with Gasteiger partial charge in [-0.15, -0.1) is 0 Å². The largest absolute Gasteiger partial charge is 0.343 e. The fourth-order valence-corrected chi connectivity index (χ4v) is 2.83. The van der Waals surface area contributed by atoms with Gasteiger partial charge in [-0.1, -0.05) is 42.5 Å². The van der Waals surface area contributed by atoms with Crippen molar-refractivity contribution in [2.24, 2.45) is 0 Å². The van der Waals surface area contributed by atoms with Crippen LogP contribution < -0.4 is 5.32 Å². The Balaban J connectivity index is 1.63. The summed E-state index contributed by atoms with van der Waals surface area (Å²) in [5, 5.41) is 4.50. The van der Waals surface area contributed by atoms with Gasteiger partial charge in [0.25, 0.3) is 5.91 Å². The number of carbonyl (C=O) groups excluding carboxylic acids is 2. The molecule has 0 aliphatic heterocycles. The average Bonchev–Trinajstić information content (AvgIpc) is 2.66. The van der Waals surface area contributed by atoms with E-state index in [1.54, 1.807) is 7.05 Å². The predicted octanol–water partition coefficient (Wildman–Crippen LogP) is 3.51. The highest BCUT2D eigenvalue weighted by molar-refractivity contribution is 5.96. The highest BCUT2D eigenvalue weighted by Gasteiger charge is 2.16. The van der Waals surface area contributed by atoms with Crippen molar-refractivity contribution in [1.29, 1.82) is 0 Å². The maximum atomic E-state index is 13.6. The first-order chi connectivity index (χ1) is 13.0. The van der Waals surface area contributed by atoms with Crippen LogP contribution >= 0.6 is 0 Å². The Morgan fingerprint density at radius 1 is 1.00 bits per heavy atom. The third kappa shape index (κ3) is 4.28. The second-order valence-electron chi connectivity index (χ2n) is 6.19. The minimum atomic E-state index is -0.968. The number of amides is 2. The van der Waals surface area contributed by atoms with Crippen molar-refractivity contribution in [3.63, 3.8) is 0 Å². The summed E-state index contributed by atoms with van der Waals surface area (Å²) >= 11 is 0. The van der Waals surface area contributed by atoms with Crippen LogP contribution in [-0.2, 0) is 11.3 Å². The zero-order valence-electron chi connectivity index (χ0n) is 14.7. The maximum absolute atomic E-state index is 13.6. The lowest BCUT2D eigenvalue weighted by molar-refractivity contribution is -0.129. The Hall–Kier alpha value is -3.28. The molecular weight excluding hydrogens is 350 g/mol. The fraction of sp³-hybridized carbons (Fsp3) is 0.143. The number of nitrogens with one attached hydrogen (secondary N) is 1. The molecule has 0 bridgehead atoms. The summed E-state index contributed by atoms with van der Waals surface area (Å²) in [5.41, 5.74) is 0.681. The van der Waals surface area contributed by atoms with Crippen LogP contribution in [0.2, 0.25) is 0 Å². The lowest BCUT2D eigenvalue weighted by Crippen LogP contribution is -2.38. The monoisotopic (exact) mass is 368 g/mol. The van der Waals surface area contributed by atoms with Crippen LogP contribution in [0.15, 0.2) is 60.7 Å². The molecule has 0 spiro atoms. The van der Waals surface area contributed by atoms with Gasteiger partial charge in [-0.05, 0) is 28.5 Å². The summed E-state index contributed by atoms with van der Waals surface area (Å²) < 4.78 is 26.5. The van der Waals surface area contributed by atoms with E-state index < -0.39 is 17.5 Å². The number of hydrogen-bond acceptors (Lipinski definition) is 2. The minimum Gasteiger partial charge on any atom is -0.343 e. The van der Waals surface area contributed by atoms with Gasteiger partial charge in [0.1, 0.15) is 11.6 Å². The number of rotatable bonds is 5. The third-order valence-corrected chi connectivity index (χ3v) is 4.29. The minimum absolute atomic E-state index is 0.281. The highest BCUT2D eigenvalue weighted by atomic mass is 19.1. The van der Waals surface area contributed by atoms with E-state index in [1.807, 2.05) is 42.5 Å². The molecule has 0 aromatic heterocycles. The lowest BCUT2D eigenvalue weighted by atomic mass is 10.0. The summed E-state index contributed by atoms with van der Waals surface area (Å²) in [6.45, 7) is 0.0951. The first-order valence-electron chi connectivity index (χ1n) is 8.39. The van der Waals surface area contributed by atoms with Crippen molar-refractivity contribution in [1.82, 2.24) is 10.2 Å². The molecule has 4 nitrogen and oxygen atoms in total. The van der Waals surface area contributed by atoms with Gasteiger partial charge >= 0.3 is 0 Å². The lowest BCUT2D eigenvalue weighted by Gasteiger charge is -2.19. The Morgan fingerprint density at radius 2 is 1.74 bits per heavy atom. The van der Waals surface area contributed by atoms with Gasteiger partial charge in [0.05, 0.1) is 12.1 Å². The molecule has 3 rings (SSSR count). The van der Waals surface area contributed by atoms with Gasteiger partial charge in [0, 0.05) is 19.7 Å². The molecule has 0 atom stereocenters. The quantitative estimate of drug-likeness (QED) is 0.749. The van der Waals surface area contributed by atoms with Crippen LogP contribution in [-0.4, -0.2) is 30.3 Å². The van der Waals surface area contributed by atoms with Crippen LogP contribution in [0, 0.1) is 11.6 Å². The number of halogens is 2. The molecule has 3 aromatic carbocycles. The van der Waals surface area contributed by atoms with Crippen LogP contribution in [0.4, 0.5) is 8.78 Å². The van der Waals surface area contributed by atoms with E-state index >= 15 is 0 Å². The van der Waals surface area contributed by atoms with Crippen molar-refractivity contribution in [3.05, 3.63) is 83.4 Å². The number of carbonyl (C=O) groups is 2. The van der Waals surface area contributed by atoms with E-state index in [0.717, 1.165) is 28.5 Å². The Bertz CT molecular complexity index is 999. The first kappa shape index (κ1) is 18.5. The van der Waals surface area contributed by atoms with Crippen molar-refractivity contribution in [2.45, 2.75) is 6.54 Å². The van der Waals surface area contributed by atoms with Gasteiger partial charge in [0.2, 0.25) is 5.91 Å². The number of fused-ring (bicyclic) bond motifs is 1. The molecule has 0 heterocycles. The van der Waals surface area contributed by atoms with Gasteiger partial charge in [-0.3, -0.25) is 9.59 Å². The van der Waals surface area contributed by atoms with Crippen LogP contribution in [0.25, 0.3) is 10.8 Å². The molecular formula is C21H18F2N2O2. The fourth-order valence-electron chi connectivity index (χ4n) is 2.83. The molecule has 0 saturated heterocycles. The topological polar surface area (TPSA) is 49.4 Å². The summed E-state index contributed by atoms with van der Waals surface area (Å²) in [7, 11) is 1.63. The second kappa shape index (κ2) is 7.95. The molecule has 0 saturated carbocycles. The van der Waals surface area contributed by atoms with E-state index in [0.29, 0.717) is 12.6 Å². The zero-order valence-corrected chi connectivity index (χ0v) is 14.7. The van der Waals surface area contributed by atoms with Gasteiger partial charge in [-0.25, -0.2) is 8.78 Å². The Kier molecular flexibility index (Phi) is 5.45. The van der Waals surface area contributed by atoms with E-state index in [4.69, 9.17) is 0 Å². The van der Waals surface area contributed by atoms with E-state index in [9.17, 15) is 18.4 Å². The van der Waals surface area contributed by atoms with Crippen LogP contribution in [0.3, 0.4) is 0 Å². The molecule has 27 heavy (non-hydrogen) atoms. The number of hydrogen-bond donors (Lipinski definition) is 1. The number of likely N-dealkylation sites (N-methyl/N-ethyl adjacent to an activating group) is 1. The SMILES string of the molecule is CN(Cc1cccc2ccccc12)C(=O)CNC(=O)c1ccc(F)cc1F. The van der Waals surface area contributed by atoms with Gasteiger partial charge < -0.3 is 10.2 Å². The molecule has 138 valence electrons. The average molecular weight is 368 g/mol. The molecule has 1 N–H and O–H groups in total. The molecule has 0 aliphatic carbocycles. The summed E-state index contributed by atoms with van der Waals surface area (Å²) in [6, 6.07) is 16.4. The maximum Gasteiger partial charge on any atom is 0.254 e. The smallest absolute Gasteiger partial charge is 0.254 e. The molecule has 0 aliphatic rings. The second-order valence-corrected chi connectivity index (χ2v) is 6.19. The molecule has 0 unspecified atom stereocenters. The molecule has 2 amide bonds. The predicted molar refractivity (Wildman–Crippen MR) is 99.1 cm³/mol. The Morgan fingerprint density at radius 3 is 2.52 bits per heavy atom. The molecule has 6 heteroatoms. The molecule has 3 aromatic rings. The van der Waals surface area contributed by atoms with Crippen LogP contribution in [0.5, 0.6) is 0 Å². The molecule has 0 radical (unpaired) electrons. The first-order valence-corrected chi connectivity index (χ1v) is 8.39. The van der Waals surface area contributed by atoms with Crippen molar-refractivity contribution < 1.29 is 18.4 Å². The van der Waals surface area contributed by atoms with E-state index in [2.05, 4.69) is 5.32 Å². The van der Waals surface area contributed by atoms with E-state index in [1.165, 1.54) is 4.90 Å². The van der Waals surface area contributed by atoms with Crippen molar-refractivity contribution >= 4 is 22.6 Å². The molecule has 0 fully saturated rings. The highest BCUT2D eigenvalue weighted by Crippen LogP contribution is 2.19. The zero-order chi connectivity index (χ0) is 19.4. The van der Waals surface area contributed by atoms with Crippen molar-refractivity contribution in [2.75, 3.05) is 13.6 Å². The standard InChI is InChI=1S/C21H18F2N2O2/c1-25(13-15-7-4-6-14-5-2-3-8-17(14)15)20(26)12-24-21(27)18-10-9-16(22)11-19(18)23/h2-11H,12-13H2,1H3,(H,24,27). The summed E-state index contributed by atoms with van der Waals surface area (Å²) in [4.78, 5) is 25.8. The van der Waals surface area contributed by atoms with Crippen LogP contribution in [0.1, 0.15) is 15.9 Å².